The topological polar surface area (TPSA) is 101 Å². The summed E-state index contributed by atoms with van der Waals surface area (Å²) >= 11 is 0. The predicted molar refractivity (Wildman–Crippen MR) is 67.8 cm³/mol. The molecular formula is C14H8N2O5. The monoisotopic (exact) mass is 284 g/mol. The standard InChI is InChI=1S/C14H8N2O5/c17-13(9-4-6-10(7-5-9)16(19)20)12-14(18)21-11-3-1-2-8-15(11)12/h1-8H. The Morgan fingerprint density at radius 2 is 1.86 bits per heavy atom. The summed E-state index contributed by atoms with van der Waals surface area (Å²) in [5.41, 5.74) is 0.169. The lowest BCUT2D eigenvalue weighted by atomic mass is 10.1. The fourth-order valence-electron chi connectivity index (χ4n) is 2.01. The summed E-state index contributed by atoms with van der Waals surface area (Å²) in [6.07, 6.45) is 1.54. The van der Waals surface area contributed by atoms with Gasteiger partial charge in [-0.05, 0) is 18.2 Å². The average molecular weight is 284 g/mol. The van der Waals surface area contributed by atoms with Gasteiger partial charge in [-0.2, -0.15) is 0 Å². The van der Waals surface area contributed by atoms with Crippen LogP contribution in [0.25, 0.3) is 5.71 Å². The highest BCUT2D eigenvalue weighted by atomic mass is 16.6. The SMILES string of the molecule is O=C(c1ccc([N+](=O)[O-])cc1)c1c([O-])oc2cccc[n+]12. The molecule has 104 valence electrons. The molecule has 0 saturated carbocycles. The highest BCUT2D eigenvalue weighted by Crippen LogP contribution is 2.19. The second kappa shape index (κ2) is 4.71. The third-order valence-corrected chi connectivity index (χ3v) is 3.01. The van der Waals surface area contributed by atoms with Gasteiger partial charge in [0.15, 0.2) is 6.20 Å². The second-order valence-corrected chi connectivity index (χ2v) is 4.28. The van der Waals surface area contributed by atoms with Crippen molar-refractivity contribution < 1.29 is 23.6 Å². The van der Waals surface area contributed by atoms with Gasteiger partial charge in [0.25, 0.3) is 22.9 Å². The Balaban J connectivity index is 2.08. The molecule has 21 heavy (non-hydrogen) atoms. The molecule has 3 rings (SSSR count). The van der Waals surface area contributed by atoms with Crippen molar-refractivity contribution in [3.8, 4) is 5.95 Å². The maximum Gasteiger partial charge on any atom is 0.282 e. The molecule has 7 nitrogen and oxygen atoms in total. The molecule has 2 heterocycles. The van der Waals surface area contributed by atoms with Crippen molar-refractivity contribution in [3.05, 3.63) is 70.0 Å². The van der Waals surface area contributed by atoms with Gasteiger partial charge in [-0.3, -0.25) is 14.9 Å². The van der Waals surface area contributed by atoms with Gasteiger partial charge in [0, 0.05) is 29.8 Å². The molecule has 0 N–H and O–H groups in total. The summed E-state index contributed by atoms with van der Waals surface area (Å²) in [4.78, 5) is 22.4. The Bertz CT molecular complexity index is 851. The van der Waals surface area contributed by atoms with Crippen molar-refractivity contribution in [1.29, 1.82) is 0 Å². The van der Waals surface area contributed by atoms with E-state index in [9.17, 15) is 20.0 Å². The van der Waals surface area contributed by atoms with E-state index in [2.05, 4.69) is 0 Å². The van der Waals surface area contributed by atoms with Crippen LogP contribution in [0.2, 0.25) is 0 Å². The van der Waals surface area contributed by atoms with Crippen LogP contribution >= 0.6 is 0 Å². The Hall–Kier alpha value is -3.22. The molecule has 0 spiro atoms. The smallest absolute Gasteiger partial charge is 0.282 e. The minimum absolute atomic E-state index is 0.126. The van der Waals surface area contributed by atoms with Crippen LogP contribution in [0.5, 0.6) is 5.95 Å². The molecular weight excluding hydrogens is 276 g/mol. The summed E-state index contributed by atoms with van der Waals surface area (Å²) in [6, 6.07) is 9.95. The van der Waals surface area contributed by atoms with E-state index in [4.69, 9.17) is 4.42 Å². The summed E-state index contributed by atoms with van der Waals surface area (Å²) in [5, 5.41) is 22.4. The van der Waals surface area contributed by atoms with Crippen molar-refractivity contribution in [3.63, 3.8) is 0 Å². The van der Waals surface area contributed by atoms with Crippen LogP contribution in [0.4, 0.5) is 5.69 Å². The Labute approximate surface area is 117 Å². The zero-order valence-corrected chi connectivity index (χ0v) is 10.6. The summed E-state index contributed by atoms with van der Waals surface area (Å²) in [6.45, 7) is 0. The van der Waals surface area contributed by atoms with Crippen molar-refractivity contribution in [2.75, 3.05) is 0 Å². The second-order valence-electron chi connectivity index (χ2n) is 4.28. The zero-order chi connectivity index (χ0) is 15.0. The number of aromatic nitrogens is 1. The molecule has 0 radical (unpaired) electrons. The zero-order valence-electron chi connectivity index (χ0n) is 10.6. The number of pyridine rings is 1. The van der Waals surface area contributed by atoms with Gasteiger partial charge in [-0.15, -0.1) is 4.40 Å². The number of oxazole rings is 1. The fraction of sp³-hybridized carbons (Fsp3) is 0. The van der Waals surface area contributed by atoms with Crippen LogP contribution in [-0.4, -0.2) is 10.7 Å². The number of rotatable bonds is 3. The molecule has 0 atom stereocenters. The average Bonchev–Trinajstić information content (AvgIpc) is 2.82. The molecule has 0 unspecified atom stereocenters. The van der Waals surface area contributed by atoms with E-state index in [-0.39, 0.29) is 22.7 Å². The first kappa shape index (κ1) is 12.8. The van der Waals surface area contributed by atoms with Gasteiger partial charge in [-0.25, -0.2) is 0 Å². The van der Waals surface area contributed by atoms with E-state index in [0.717, 1.165) is 0 Å². The molecule has 1 aromatic carbocycles. The molecule has 0 aliphatic rings. The number of carbonyl (C=O) groups excluding carboxylic acids is 1. The number of fused-ring (bicyclic) bond motifs is 1. The van der Waals surface area contributed by atoms with E-state index in [0.29, 0.717) is 0 Å². The predicted octanol–water partition coefficient (Wildman–Crippen LogP) is 1.23. The molecule has 2 aromatic heterocycles. The van der Waals surface area contributed by atoms with Crippen LogP contribution in [0.3, 0.4) is 0 Å². The molecule has 0 fully saturated rings. The number of nitro benzene ring substituents is 1. The number of non-ortho nitro benzene ring substituents is 1. The Morgan fingerprint density at radius 3 is 2.52 bits per heavy atom. The van der Waals surface area contributed by atoms with Crippen LogP contribution < -0.4 is 9.51 Å². The summed E-state index contributed by atoms with van der Waals surface area (Å²) in [5.74, 6) is -1.30. The number of hydrogen-bond donors (Lipinski definition) is 0. The van der Waals surface area contributed by atoms with E-state index in [1.807, 2.05) is 0 Å². The first-order valence-electron chi connectivity index (χ1n) is 5.97. The maximum atomic E-state index is 12.4. The van der Waals surface area contributed by atoms with E-state index in [1.54, 1.807) is 24.4 Å². The van der Waals surface area contributed by atoms with Gasteiger partial charge in [-0.1, -0.05) is 0 Å². The number of carbonyl (C=O) groups is 1. The third kappa shape index (κ3) is 2.10. The van der Waals surface area contributed by atoms with Crippen molar-refractivity contribution in [1.82, 2.24) is 0 Å². The number of nitro groups is 1. The molecule has 3 aromatic rings. The minimum Gasteiger partial charge on any atom is -0.540 e. The van der Waals surface area contributed by atoms with Gasteiger partial charge >= 0.3 is 0 Å². The lowest BCUT2D eigenvalue weighted by molar-refractivity contribution is -0.517. The lowest BCUT2D eigenvalue weighted by Crippen LogP contribution is -2.28. The van der Waals surface area contributed by atoms with Gasteiger partial charge in [0.05, 0.1) is 4.92 Å². The quantitative estimate of drug-likeness (QED) is 0.311. The number of benzene rings is 1. The molecule has 7 heteroatoms. The van der Waals surface area contributed by atoms with Crippen molar-refractivity contribution in [2.24, 2.45) is 0 Å². The van der Waals surface area contributed by atoms with Crippen LogP contribution in [0.15, 0.2) is 53.1 Å². The van der Waals surface area contributed by atoms with E-state index < -0.39 is 16.7 Å². The first-order chi connectivity index (χ1) is 10.1. The lowest BCUT2D eigenvalue weighted by Gasteiger charge is -1.98. The van der Waals surface area contributed by atoms with Crippen molar-refractivity contribution in [2.45, 2.75) is 0 Å². The third-order valence-electron chi connectivity index (χ3n) is 3.01. The van der Waals surface area contributed by atoms with Crippen LogP contribution in [-0.2, 0) is 0 Å². The van der Waals surface area contributed by atoms with Crippen LogP contribution in [0.1, 0.15) is 16.1 Å². The number of nitrogens with zero attached hydrogens (tertiary/aromatic N) is 2. The van der Waals surface area contributed by atoms with Gasteiger partial charge in [0.1, 0.15) is 5.95 Å². The maximum absolute atomic E-state index is 12.4. The van der Waals surface area contributed by atoms with Crippen molar-refractivity contribution >= 4 is 17.2 Å². The highest BCUT2D eigenvalue weighted by molar-refractivity contribution is 6.08. The molecule has 0 amide bonds. The largest absolute Gasteiger partial charge is 0.540 e. The summed E-state index contributed by atoms with van der Waals surface area (Å²) < 4.78 is 6.34. The molecule has 0 aliphatic heterocycles. The minimum atomic E-state index is -0.746. The Morgan fingerprint density at radius 1 is 1.14 bits per heavy atom. The van der Waals surface area contributed by atoms with Gasteiger partial charge < -0.3 is 9.52 Å². The first-order valence-corrected chi connectivity index (χ1v) is 5.97. The Kier molecular flexibility index (Phi) is 2.87. The van der Waals surface area contributed by atoms with Gasteiger partial charge in [0.2, 0.25) is 0 Å². The normalized spacial score (nSPS) is 10.7. The molecule has 0 saturated heterocycles. The highest BCUT2D eigenvalue weighted by Gasteiger charge is 2.24. The molecule has 0 bridgehead atoms. The van der Waals surface area contributed by atoms with E-state index in [1.165, 1.54) is 28.7 Å². The molecule has 0 aliphatic carbocycles. The summed E-state index contributed by atoms with van der Waals surface area (Å²) in [7, 11) is 0. The number of ketones is 1. The van der Waals surface area contributed by atoms with E-state index >= 15 is 0 Å². The number of hydrogen-bond acceptors (Lipinski definition) is 5. The van der Waals surface area contributed by atoms with Crippen LogP contribution in [0, 0.1) is 10.1 Å². The fourth-order valence-corrected chi connectivity index (χ4v) is 2.01.